The molecule has 0 bridgehead atoms. The molecule has 3 nitrogen and oxygen atoms in total. The smallest absolute Gasteiger partial charge is 0.247 e. The summed E-state index contributed by atoms with van der Waals surface area (Å²) in [6, 6.07) is 0. The number of hydrogen-bond donors (Lipinski definition) is 0. The molecule has 2 rings (SSSR count). The van der Waals surface area contributed by atoms with Crippen LogP contribution in [0.4, 0.5) is 0 Å². The molecule has 2 aliphatic rings. The van der Waals surface area contributed by atoms with Gasteiger partial charge in [-0.2, -0.15) is 0 Å². The van der Waals surface area contributed by atoms with Crippen LogP contribution in [-0.2, 0) is 14.0 Å². The molecule has 1 saturated heterocycles. The van der Waals surface area contributed by atoms with Gasteiger partial charge in [0, 0.05) is 12.3 Å². The molecule has 85 valence electrons. The maximum Gasteiger partial charge on any atom is 0.247 e. The zero-order valence-corrected chi connectivity index (χ0v) is 11.1. The minimum atomic E-state index is -0.880. The summed E-state index contributed by atoms with van der Waals surface area (Å²) in [5.74, 6) is -0.361. The number of carbonyl (C=O) groups is 1. The molecule has 3 atom stereocenters. The van der Waals surface area contributed by atoms with E-state index >= 15 is 0 Å². The summed E-state index contributed by atoms with van der Waals surface area (Å²) in [6.07, 6.45) is 0.633. The van der Waals surface area contributed by atoms with Gasteiger partial charge in [-0.3, -0.25) is 4.79 Å². The van der Waals surface area contributed by atoms with Crippen LogP contribution in [0.1, 0.15) is 27.2 Å². The van der Waals surface area contributed by atoms with E-state index in [4.69, 9.17) is 9.16 Å². The average Bonchev–Trinajstić information content (AvgIpc) is 2.65. The average molecular weight is 227 g/mol. The van der Waals surface area contributed by atoms with Crippen molar-refractivity contribution in [3.8, 4) is 0 Å². The molecule has 4 heteroatoms. The zero-order chi connectivity index (χ0) is 11.4. The first-order valence-corrected chi connectivity index (χ1v) is 7.88. The summed E-state index contributed by atoms with van der Waals surface area (Å²) in [5, 5.41) is 0. The number of rotatable bonds is 2. The summed E-state index contributed by atoms with van der Waals surface area (Å²) in [7, 11) is -0.880. The molecule has 1 saturated carbocycles. The topological polar surface area (TPSA) is 38.8 Å². The van der Waals surface area contributed by atoms with Crippen molar-refractivity contribution < 1.29 is 14.0 Å². The molecule has 1 heterocycles. The largest absolute Gasteiger partial charge is 0.383 e. The highest BCUT2D eigenvalue weighted by molar-refractivity contribution is 6.48. The van der Waals surface area contributed by atoms with Gasteiger partial charge in [0.25, 0.3) is 0 Å². The summed E-state index contributed by atoms with van der Waals surface area (Å²) in [5.41, 5.74) is 0.121. The van der Waals surface area contributed by atoms with Crippen LogP contribution in [0.2, 0.25) is 13.1 Å². The third-order valence-corrected chi connectivity index (χ3v) is 3.96. The molecule has 0 aromatic heterocycles. The van der Waals surface area contributed by atoms with Crippen LogP contribution in [0.5, 0.6) is 0 Å². The van der Waals surface area contributed by atoms with Gasteiger partial charge < -0.3 is 9.16 Å². The van der Waals surface area contributed by atoms with E-state index in [1.165, 1.54) is 0 Å². The number of carbonyl (C=O) groups excluding carboxylic acids is 1. The van der Waals surface area contributed by atoms with E-state index in [0.29, 0.717) is 12.3 Å². The first-order valence-electron chi connectivity index (χ1n) is 5.47. The lowest BCUT2D eigenvalue weighted by atomic mass is 9.79. The lowest BCUT2D eigenvalue weighted by molar-refractivity contribution is -0.134. The fraction of sp³-hybridized carbons (Fsp3) is 0.909. The van der Waals surface area contributed by atoms with Crippen LogP contribution in [0, 0.1) is 11.3 Å². The number of epoxide rings is 1. The van der Waals surface area contributed by atoms with Gasteiger partial charge in [0.2, 0.25) is 14.8 Å². The lowest BCUT2D eigenvalue weighted by Crippen LogP contribution is -2.30. The highest BCUT2D eigenvalue weighted by Gasteiger charge is 2.73. The normalized spacial score (nSPS) is 39.7. The van der Waals surface area contributed by atoms with E-state index in [9.17, 15) is 4.79 Å². The Kier molecular flexibility index (Phi) is 2.37. The van der Waals surface area contributed by atoms with Crippen LogP contribution in [0.3, 0.4) is 0 Å². The molecule has 0 aromatic carbocycles. The van der Waals surface area contributed by atoms with Crippen LogP contribution in [0.25, 0.3) is 0 Å². The predicted octanol–water partition coefficient (Wildman–Crippen LogP) is 1.98. The van der Waals surface area contributed by atoms with Crippen LogP contribution < -0.4 is 0 Å². The van der Waals surface area contributed by atoms with Gasteiger partial charge in [-0.05, 0) is 18.5 Å². The number of Topliss-reactive ketones (excluding diaryl/α,β-unsaturated/α-hetero) is 1. The third kappa shape index (κ3) is 1.68. The van der Waals surface area contributed by atoms with Crippen molar-refractivity contribution in [2.75, 3.05) is 0 Å². The molecule has 1 aliphatic heterocycles. The molecule has 0 aromatic rings. The monoisotopic (exact) mass is 227 g/mol. The quantitative estimate of drug-likeness (QED) is 0.535. The molecule has 15 heavy (non-hydrogen) atoms. The van der Waals surface area contributed by atoms with Gasteiger partial charge in [0.1, 0.15) is 6.10 Å². The predicted molar refractivity (Wildman–Crippen MR) is 58.7 cm³/mol. The Morgan fingerprint density at radius 3 is 2.40 bits per heavy atom. The maximum atomic E-state index is 11.9. The lowest BCUT2D eigenvalue weighted by Gasteiger charge is -2.25. The Balaban J connectivity index is 2.14. The van der Waals surface area contributed by atoms with Crippen molar-refractivity contribution in [3.63, 3.8) is 0 Å². The van der Waals surface area contributed by atoms with E-state index in [0.717, 1.165) is 0 Å². The number of fused-ring (bicyclic) bond motifs is 1. The molecule has 0 N–H and O–H groups in total. The van der Waals surface area contributed by atoms with E-state index in [-0.39, 0.29) is 17.3 Å². The molecule has 1 radical (unpaired) electrons. The highest BCUT2D eigenvalue weighted by Crippen LogP contribution is 2.56. The van der Waals surface area contributed by atoms with Crippen molar-refractivity contribution in [2.45, 2.75) is 52.2 Å². The molecule has 0 amide bonds. The van der Waals surface area contributed by atoms with Gasteiger partial charge in [-0.25, -0.2) is 0 Å². The highest BCUT2D eigenvalue weighted by atomic mass is 28.3. The molecule has 0 spiro atoms. The van der Waals surface area contributed by atoms with Crippen molar-refractivity contribution >= 4 is 14.8 Å². The standard InChI is InChI=1S/C11H19O3Si/c1-10(2,3)7-6-8(12)11(9(7)13-11)14-15(4)5/h7,9H,6H2,1-5H3. The summed E-state index contributed by atoms with van der Waals surface area (Å²) >= 11 is 0. The molecule has 2 fully saturated rings. The van der Waals surface area contributed by atoms with Gasteiger partial charge in [-0.15, -0.1) is 0 Å². The number of ether oxygens (including phenoxy) is 1. The zero-order valence-electron chi connectivity index (χ0n) is 10.1. The van der Waals surface area contributed by atoms with Crippen molar-refractivity contribution in [1.82, 2.24) is 0 Å². The second-order valence-electron chi connectivity index (χ2n) is 5.82. The summed E-state index contributed by atoms with van der Waals surface area (Å²) in [6.45, 7) is 10.6. The van der Waals surface area contributed by atoms with Crippen LogP contribution >= 0.6 is 0 Å². The Labute approximate surface area is 92.9 Å². The SMILES string of the molecule is C[Si](C)OC12OC1C(C(C)(C)C)CC2=O. The van der Waals surface area contributed by atoms with Crippen LogP contribution in [0.15, 0.2) is 0 Å². The van der Waals surface area contributed by atoms with Gasteiger partial charge in [0.05, 0.1) is 0 Å². The van der Waals surface area contributed by atoms with Crippen molar-refractivity contribution in [1.29, 1.82) is 0 Å². The van der Waals surface area contributed by atoms with E-state index in [1.807, 2.05) is 13.1 Å². The number of ketones is 1. The third-order valence-electron chi connectivity index (χ3n) is 3.25. The Bertz CT molecular complexity index is 295. The Morgan fingerprint density at radius 2 is 2.07 bits per heavy atom. The summed E-state index contributed by atoms with van der Waals surface area (Å²) in [4.78, 5) is 11.9. The Morgan fingerprint density at radius 1 is 1.47 bits per heavy atom. The summed E-state index contributed by atoms with van der Waals surface area (Å²) < 4.78 is 11.3. The van der Waals surface area contributed by atoms with E-state index in [1.54, 1.807) is 0 Å². The van der Waals surface area contributed by atoms with Gasteiger partial charge in [-0.1, -0.05) is 20.8 Å². The van der Waals surface area contributed by atoms with Crippen LogP contribution in [-0.4, -0.2) is 26.7 Å². The minimum Gasteiger partial charge on any atom is -0.383 e. The fourth-order valence-electron chi connectivity index (χ4n) is 2.38. The first-order chi connectivity index (χ1) is 6.77. The van der Waals surface area contributed by atoms with E-state index < -0.39 is 14.8 Å². The molecular formula is C11H19O3Si. The molecule has 1 aliphatic carbocycles. The van der Waals surface area contributed by atoms with Gasteiger partial charge >= 0.3 is 0 Å². The fourth-order valence-corrected chi connectivity index (χ4v) is 3.26. The Hall–Kier alpha value is -0.193. The maximum absolute atomic E-state index is 11.9. The second-order valence-corrected chi connectivity index (χ2v) is 7.84. The molecule has 3 unspecified atom stereocenters. The van der Waals surface area contributed by atoms with Crippen molar-refractivity contribution in [3.05, 3.63) is 0 Å². The number of hydrogen-bond acceptors (Lipinski definition) is 3. The second kappa shape index (κ2) is 3.15. The minimum absolute atomic E-state index is 0.0184. The van der Waals surface area contributed by atoms with Gasteiger partial charge in [0.15, 0.2) is 5.78 Å². The van der Waals surface area contributed by atoms with Crippen molar-refractivity contribution in [2.24, 2.45) is 11.3 Å². The van der Waals surface area contributed by atoms with E-state index in [2.05, 4.69) is 20.8 Å². The molecular weight excluding hydrogens is 208 g/mol. The first kappa shape index (κ1) is 11.3.